The number of benzene rings is 2. The molecule has 0 aromatic heterocycles. The van der Waals surface area contributed by atoms with Gasteiger partial charge >= 0.3 is 5.97 Å². The molecule has 3 nitrogen and oxygen atoms in total. The fraction of sp³-hybridized carbons (Fsp3) is 0.235. The van der Waals surface area contributed by atoms with Crippen molar-refractivity contribution in [3.63, 3.8) is 0 Å². The Kier molecular flexibility index (Phi) is 4.91. The van der Waals surface area contributed by atoms with Gasteiger partial charge in [0.05, 0.1) is 0 Å². The van der Waals surface area contributed by atoms with Gasteiger partial charge < -0.3 is 9.47 Å². The summed E-state index contributed by atoms with van der Waals surface area (Å²) in [4.78, 5) is 12.2. The van der Waals surface area contributed by atoms with Crippen molar-refractivity contribution in [2.75, 3.05) is 7.11 Å². The first-order valence-electron chi connectivity index (χ1n) is 6.55. The summed E-state index contributed by atoms with van der Waals surface area (Å²) in [5.74, 6) is -0.380. The monoisotopic (exact) mass is 270 g/mol. The highest BCUT2D eigenvalue weighted by Gasteiger charge is 2.23. The van der Waals surface area contributed by atoms with Crippen LogP contribution in [0.15, 0.2) is 60.7 Å². The third kappa shape index (κ3) is 3.45. The second kappa shape index (κ2) is 6.87. The predicted molar refractivity (Wildman–Crippen MR) is 77.1 cm³/mol. The zero-order valence-electron chi connectivity index (χ0n) is 11.7. The number of rotatable bonds is 5. The van der Waals surface area contributed by atoms with Gasteiger partial charge in [0.2, 0.25) is 0 Å². The molecule has 0 saturated carbocycles. The van der Waals surface area contributed by atoms with Crippen molar-refractivity contribution in [3.05, 3.63) is 71.8 Å². The van der Waals surface area contributed by atoms with Gasteiger partial charge in [0.1, 0.15) is 6.10 Å². The first kappa shape index (κ1) is 14.3. The molecular formula is C17H18O3. The normalized spacial score (nSPS) is 13.5. The first-order valence-corrected chi connectivity index (χ1v) is 6.55. The van der Waals surface area contributed by atoms with Crippen molar-refractivity contribution in [2.24, 2.45) is 0 Å². The molecule has 2 atom stereocenters. The molecule has 20 heavy (non-hydrogen) atoms. The third-order valence-electron chi connectivity index (χ3n) is 3.11. The van der Waals surface area contributed by atoms with E-state index in [2.05, 4.69) is 0 Å². The molecule has 0 aliphatic carbocycles. The highest BCUT2D eigenvalue weighted by molar-refractivity contribution is 5.76. The van der Waals surface area contributed by atoms with Gasteiger partial charge in [-0.05, 0) is 18.1 Å². The van der Waals surface area contributed by atoms with Gasteiger partial charge in [-0.1, -0.05) is 60.7 Å². The SMILES string of the molecule is COC(C(=O)O[C@H](C)c1ccccc1)c1ccccc1. The molecular weight excluding hydrogens is 252 g/mol. The van der Waals surface area contributed by atoms with Crippen LogP contribution in [0.25, 0.3) is 0 Å². The molecule has 3 heteroatoms. The molecule has 0 spiro atoms. The van der Waals surface area contributed by atoms with Gasteiger partial charge in [0.15, 0.2) is 6.10 Å². The van der Waals surface area contributed by atoms with E-state index in [0.717, 1.165) is 11.1 Å². The van der Waals surface area contributed by atoms with Gasteiger partial charge in [-0.3, -0.25) is 0 Å². The van der Waals surface area contributed by atoms with Gasteiger partial charge in [-0.2, -0.15) is 0 Å². The quantitative estimate of drug-likeness (QED) is 0.777. The number of esters is 1. The molecule has 2 aromatic carbocycles. The molecule has 0 N–H and O–H groups in total. The Morgan fingerprint density at radius 2 is 1.40 bits per heavy atom. The van der Waals surface area contributed by atoms with E-state index in [1.807, 2.05) is 67.6 Å². The van der Waals surface area contributed by atoms with E-state index in [-0.39, 0.29) is 12.1 Å². The van der Waals surface area contributed by atoms with Crippen LogP contribution in [0.2, 0.25) is 0 Å². The van der Waals surface area contributed by atoms with E-state index >= 15 is 0 Å². The molecule has 2 rings (SSSR count). The van der Waals surface area contributed by atoms with Gasteiger partial charge in [-0.25, -0.2) is 4.79 Å². The highest BCUT2D eigenvalue weighted by atomic mass is 16.6. The van der Waals surface area contributed by atoms with E-state index in [0.29, 0.717) is 0 Å². The summed E-state index contributed by atoms with van der Waals surface area (Å²) in [5.41, 5.74) is 1.75. The van der Waals surface area contributed by atoms with E-state index in [1.165, 1.54) is 7.11 Å². The maximum atomic E-state index is 12.2. The molecule has 0 heterocycles. The van der Waals surface area contributed by atoms with Crippen LogP contribution in [-0.4, -0.2) is 13.1 Å². The molecule has 2 aromatic rings. The summed E-state index contributed by atoms with van der Waals surface area (Å²) in [6.07, 6.45) is -0.993. The van der Waals surface area contributed by atoms with Crippen LogP contribution in [0.5, 0.6) is 0 Å². The lowest BCUT2D eigenvalue weighted by molar-refractivity contribution is -0.161. The topological polar surface area (TPSA) is 35.5 Å². The number of carbonyl (C=O) groups excluding carboxylic acids is 1. The van der Waals surface area contributed by atoms with Crippen LogP contribution in [0.3, 0.4) is 0 Å². The minimum Gasteiger partial charge on any atom is -0.456 e. The Bertz CT molecular complexity index is 537. The van der Waals surface area contributed by atoms with Crippen LogP contribution in [-0.2, 0) is 14.3 Å². The fourth-order valence-corrected chi connectivity index (χ4v) is 2.02. The number of hydrogen-bond acceptors (Lipinski definition) is 3. The lowest BCUT2D eigenvalue weighted by atomic mass is 10.1. The molecule has 0 amide bonds. The van der Waals surface area contributed by atoms with E-state index in [1.54, 1.807) is 0 Å². The Morgan fingerprint density at radius 1 is 0.900 bits per heavy atom. The largest absolute Gasteiger partial charge is 0.456 e. The molecule has 0 fully saturated rings. The molecule has 0 aliphatic rings. The molecule has 0 bridgehead atoms. The summed E-state index contributed by atoms with van der Waals surface area (Å²) in [5, 5.41) is 0. The Balaban J connectivity index is 2.07. The first-order chi connectivity index (χ1) is 9.72. The van der Waals surface area contributed by atoms with Gasteiger partial charge in [0, 0.05) is 7.11 Å². The molecule has 0 aliphatic heterocycles. The van der Waals surface area contributed by atoms with Crippen LogP contribution >= 0.6 is 0 Å². The van der Waals surface area contributed by atoms with Crippen molar-refractivity contribution in [1.82, 2.24) is 0 Å². The van der Waals surface area contributed by atoms with Crippen LogP contribution in [0.1, 0.15) is 30.3 Å². The highest BCUT2D eigenvalue weighted by Crippen LogP contribution is 2.23. The van der Waals surface area contributed by atoms with Gasteiger partial charge in [0.25, 0.3) is 0 Å². The molecule has 104 valence electrons. The predicted octanol–water partition coefficient (Wildman–Crippen LogP) is 3.68. The zero-order valence-corrected chi connectivity index (χ0v) is 11.7. The minimum atomic E-state index is -0.692. The summed E-state index contributed by atoms with van der Waals surface area (Å²) < 4.78 is 10.7. The van der Waals surface area contributed by atoms with Crippen molar-refractivity contribution in [3.8, 4) is 0 Å². The molecule has 0 radical (unpaired) electrons. The maximum Gasteiger partial charge on any atom is 0.340 e. The summed E-state index contributed by atoms with van der Waals surface area (Å²) >= 11 is 0. The number of hydrogen-bond donors (Lipinski definition) is 0. The molecule has 1 unspecified atom stereocenters. The Hall–Kier alpha value is -2.13. The van der Waals surface area contributed by atoms with Crippen LogP contribution in [0.4, 0.5) is 0 Å². The van der Waals surface area contributed by atoms with Gasteiger partial charge in [-0.15, -0.1) is 0 Å². The fourth-order valence-electron chi connectivity index (χ4n) is 2.02. The summed E-state index contributed by atoms with van der Waals surface area (Å²) in [7, 11) is 1.51. The third-order valence-corrected chi connectivity index (χ3v) is 3.11. The van der Waals surface area contributed by atoms with E-state index in [4.69, 9.17) is 9.47 Å². The summed E-state index contributed by atoms with van der Waals surface area (Å²) in [6.45, 7) is 1.85. The second-order valence-electron chi connectivity index (χ2n) is 4.52. The minimum absolute atomic E-state index is 0.301. The average Bonchev–Trinajstić information content (AvgIpc) is 2.50. The zero-order chi connectivity index (χ0) is 14.4. The maximum absolute atomic E-state index is 12.2. The Morgan fingerprint density at radius 3 is 1.90 bits per heavy atom. The smallest absolute Gasteiger partial charge is 0.340 e. The van der Waals surface area contributed by atoms with Crippen molar-refractivity contribution in [1.29, 1.82) is 0 Å². The number of carbonyl (C=O) groups is 1. The number of methoxy groups -OCH3 is 1. The lowest BCUT2D eigenvalue weighted by Crippen LogP contribution is -2.19. The van der Waals surface area contributed by atoms with Crippen LogP contribution < -0.4 is 0 Å². The van der Waals surface area contributed by atoms with Crippen molar-refractivity contribution >= 4 is 5.97 Å². The Labute approximate surface area is 119 Å². The average molecular weight is 270 g/mol. The standard InChI is InChI=1S/C17H18O3/c1-13(14-9-5-3-6-10-14)20-17(18)16(19-2)15-11-7-4-8-12-15/h3-13,16H,1-2H3/t13-,16?/m1/s1. The van der Waals surface area contributed by atoms with E-state index in [9.17, 15) is 4.79 Å². The molecule has 0 saturated heterocycles. The van der Waals surface area contributed by atoms with E-state index < -0.39 is 6.10 Å². The van der Waals surface area contributed by atoms with Crippen LogP contribution in [0, 0.1) is 0 Å². The summed E-state index contributed by atoms with van der Waals surface area (Å²) in [6, 6.07) is 19.0. The number of ether oxygens (including phenoxy) is 2. The second-order valence-corrected chi connectivity index (χ2v) is 4.52. The van der Waals surface area contributed by atoms with Crippen molar-refractivity contribution in [2.45, 2.75) is 19.1 Å². The van der Waals surface area contributed by atoms with Crippen molar-refractivity contribution < 1.29 is 14.3 Å². The lowest BCUT2D eigenvalue weighted by Gasteiger charge is -2.19.